The SMILES string of the molecule is CN(c1cccc(OC(F)(F)F)c1)C1CCCN1. The first-order valence-electron chi connectivity index (χ1n) is 5.78. The number of ether oxygens (including phenoxy) is 1. The minimum absolute atomic E-state index is 0.172. The van der Waals surface area contributed by atoms with E-state index in [1.165, 1.54) is 12.1 Å². The number of halogens is 3. The lowest BCUT2D eigenvalue weighted by Crippen LogP contribution is -2.39. The monoisotopic (exact) mass is 260 g/mol. The number of nitrogens with one attached hydrogen (secondary N) is 1. The van der Waals surface area contributed by atoms with Gasteiger partial charge in [-0.1, -0.05) is 6.07 Å². The Morgan fingerprint density at radius 1 is 1.39 bits per heavy atom. The third-order valence-corrected chi connectivity index (χ3v) is 2.96. The van der Waals surface area contributed by atoms with Gasteiger partial charge in [-0.3, -0.25) is 5.32 Å². The van der Waals surface area contributed by atoms with Gasteiger partial charge in [-0.05, 0) is 31.5 Å². The summed E-state index contributed by atoms with van der Waals surface area (Å²) in [4.78, 5) is 1.93. The van der Waals surface area contributed by atoms with Crippen LogP contribution in [0.5, 0.6) is 5.75 Å². The summed E-state index contributed by atoms with van der Waals surface area (Å²) in [5.41, 5.74) is 0.705. The Hall–Kier alpha value is -1.43. The maximum absolute atomic E-state index is 12.1. The van der Waals surface area contributed by atoms with Gasteiger partial charge >= 0.3 is 6.36 Å². The lowest BCUT2D eigenvalue weighted by Gasteiger charge is -2.27. The van der Waals surface area contributed by atoms with Crippen molar-refractivity contribution in [3.63, 3.8) is 0 Å². The van der Waals surface area contributed by atoms with Gasteiger partial charge in [0.25, 0.3) is 0 Å². The number of rotatable bonds is 3. The molecule has 1 atom stereocenters. The summed E-state index contributed by atoms with van der Waals surface area (Å²) in [5, 5.41) is 3.29. The van der Waals surface area contributed by atoms with Gasteiger partial charge in [0.2, 0.25) is 0 Å². The van der Waals surface area contributed by atoms with E-state index in [0.717, 1.165) is 19.4 Å². The van der Waals surface area contributed by atoms with E-state index in [-0.39, 0.29) is 11.9 Å². The van der Waals surface area contributed by atoms with Crippen molar-refractivity contribution in [3.8, 4) is 5.75 Å². The van der Waals surface area contributed by atoms with Gasteiger partial charge in [0.15, 0.2) is 0 Å². The van der Waals surface area contributed by atoms with Crippen molar-refractivity contribution < 1.29 is 17.9 Å². The van der Waals surface area contributed by atoms with Crippen LogP contribution >= 0.6 is 0 Å². The molecule has 1 saturated heterocycles. The largest absolute Gasteiger partial charge is 0.573 e. The van der Waals surface area contributed by atoms with Gasteiger partial charge in [-0.2, -0.15) is 0 Å². The summed E-state index contributed by atoms with van der Waals surface area (Å²) in [7, 11) is 1.86. The van der Waals surface area contributed by atoms with Crippen LogP contribution in [0.4, 0.5) is 18.9 Å². The van der Waals surface area contributed by atoms with Gasteiger partial charge in [-0.25, -0.2) is 0 Å². The van der Waals surface area contributed by atoms with Crippen LogP contribution in [0.3, 0.4) is 0 Å². The Bertz CT molecular complexity index is 403. The molecule has 0 spiro atoms. The van der Waals surface area contributed by atoms with Gasteiger partial charge in [-0.15, -0.1) is 13.2 Å². The molecule has 1 aromatic rings. The molecule has 0 aromatic heterocycles. The smallest absolute Gasteiger partial charge is 0.406 e. The molecule has 1 aliphatic heterocycles. The highest BCUT2D eigenvalue weighted by molar-refractivity contribution is 5.51. The number of hydrogen-bond acceptors (Lipinski definition) is 3. The van der Waals surface area contributed by atoms with Crippen molar-refractivity contribution in [2.75, 3.05) is 18.5 Å². The van der Waals surface area contributed by atoms with Gasteiger partial charge in [0.05, 0.1) is 6.17 Å². The minimum Gasteiger partial charge on any atom is -0.406 e. The average Bonchev–Trinajstić information content (AvgIpc) is 2.79. The summed E-state index contributed by atoms with van der Waals surface area (Å²) >= 11 is 0. The highest BCUT2D eigenvalue weighted by atomic mass is 19.4. The minimum atomic E-state index is -4.65. The first-order chi connectivity index (χ1) is 8.46. The van der Waals surface area contributed by atoms with E-state index in [0.29, 0.717) is 5.69 Å². The van der Waals surface area contributed by atoms with E-state index < -0.39 is 6.36 Å². The average molecular weight is 260 g/mol. The van der Waals surface area contributed by atoms with E-state index in [1.54, 1.807) is 12.1 Å². The predicted octanol–water partition coefficient (Wildman–Crippen LogP) is 2.73. The molecule has 0 amide bonds. The van der Waals surface area contributed by atoms with Crippen LogP contribution in [-0.4, -0.2) is 26.1 Å². The highest BCUT2D eigenvalue weighted by Gasteiger charge is 2.31. The van der Waals surface area contributed by atoms with Gasteiger partial charge < -0.3 is 9.64 Å². The Morgan fingerprint density at radius 2 is 2.17 bits per heavy atom. The molecule has 0 radical (unpaired) electrons. The lowest BCUT2D eigenvalue weighted by molar-refractivity contribution is -0.274. The third kappa shape index (κ3) is 3.29. The molecule has 0 saturated carbocycles. The van der Waals surface area contributed by atoms with Crippen molar-refractivity contribution in [1.29, 1.82) is 0 Å². The molecule has 1 unspecified atom stereocenters. The summed E-state index contributed by atoms with van der Waals surface area (Å²) in [6.07, 6.45) is -2.41. The van der Waals surface area contributed by atoms with Gasteiger partial charge in [0.1, 0.15) is 5.75 Å². The second-order valence-corrected chi connectivity index (χ2v) is 4.27. The topological polar surface area (TPSA) is 24.5 Å². The predicted molar refractivity (Wildman–Crippen MR) is 62.6 cm³/mol. The Kier molecular flexibility index (Phi) is 3.65. The fourth-order valence-corrected chi connectivity index (χ4v) is 2.08. The number of benzene rings is 1. The molecule has 6 heteroatoms. The van der Waals surface area contributed by atoms with Crippen molar-refractivity contribution >= 4 is 5.69 Å². The van der Waals surface area contributed by atoms with Crippen LogP contribution in [0.1, 0.15) is 12.8 Å². The molecule has 3 nitrogen and oxygen atoms in total. The fraction of sp³-hybridized carbons (Fsp3) is 0.500. The van der Waals surface area contributed by atoms with E-state index >= 15 is 0 Å². The summed E-state index contributed by atoms with van der Waals surface area (Å²) in [6.45, 7) is 0.938. The zero-order chi connectivity index (χ0) is 13.2. The molecule has 2 rings (SSSR count). The standard InChI is InChI=1S/C12H15F3N2O/c1-17(11-6-3-7-16-11)9-4-2-5-10(8-9)18-12(13,14)15/h2,4-5,8,11,16H,3,6-7H2,1H3. The summed E-state index contributed by atoms with van der Waals surface area (Å²) in [5.74, 6) is -0.190. The Morgan fingerprint density at radius 3 is 2.78 bits per heavy atom. The Balaban J connectivity index is 2.11. The molecule has 1 heterocycles. The molecule has 18 heavy (non-hydrogen) atoms. The fourth-order valence-electron chi connectivity index (χ4n) is 2.08. The molecule has 0 bridgehead atoms. The van der Waals surface area contributed by atoms with Crippen LogP contribution in [0, 0.1) is 0 Å². The van der Waals surface area contributed by atoms with Crippen LogP contribution in [-0.2, 0) is 0 Å². The van der Waals surface area contributed by atoms with Crippen LogP contribution in [0.2, 0.25) is 0 Å². The van der Waals surface area contributed by atoms with E-state index in [1.807, 2.05) is 11.9 Å². The van der Waals surface area contributed by atoms with Gasteiger partial charge in [0, 0.05) is 18.8 Å². The number of alkyl halides is 3. The van der Waals surface area contributed by atoms with E-state index in [9.17, 15) is 13.2 Å². The van der Waals surface area contributed by atoms with Crippen LogP contribution < -0.4 is 15.0 Å². The molecule has 1 N–H and O–H groups in total. The van der Waals surface area contributed by atoms with Crippen LogP contribution in [0.15, 0.2) is 24.3 Å². The highest BCUT2D eigenvalue weighted by Crippen LogP contribution is 2.27. The third-order valence-electron chi connectivity index (χ3n) is 2.96. The molecule has 100 valence electrons. The lowest BCUT2D eigenvalue weighted by atomic mass is 10.2. The second-order valence-electron chi connectivity index (χ2n) is 4.27. The van der Waals surface area contributed by atoms with Crippen molar-refractivity contribution in [3.05, 3.63) is 24.3 Å². The molecular weight excluding hydrogens is 245 g/mol. The second kappa shape index (κ2) is 5.06. The molecule has 1 aliphatic rings. The first-order valence-corrected chi connectivity index (χ1v) is 5.78. The van der Waals surface area contributed by atoms with E-state index in [4.69, 9.17) is 0 Å². The molecule has 1 fully saturated rings. The zero-order valence-electron chi connectivity index (χ0n) is 10.00. The van der Waals surface area contributed by atoms with E-state index in [2.05, 4.69) is 10.1 Å². The number of anilines is 1. The first kappa shape index (κ1) is 13.0. The molecular formula is C12H15F3N2O. The van der Waals surface area contributed by atoms with Crippen molar-refractivity contribution in [2.24, 2.45) is 0 Å². The summed E-state index contributed by atoms with van der Waals surface area (Å²) in [6, 6.07) is 6.02. The molecule has 0 aliphatic carbocycles. The Labute approximate surface area is 104 Å². The molecule has 1 aromatic carbocycles. The summed E-state index contributed by atoms with van der Waals surface area (Å²) < 4.78 is 40.3. The maximum Gasteiger partial charge on any atom is 0.573 e. The number of hydrogen-bond donors (Lipinski definition) is 1. The normalized spacial score (nSPS) is 19.9. The van der Waals surface area contributed by atoms with Crippen molar-refractivity contribution in [2.45, 2.75) is 25.4 Å². The van der Waals surface area contributed by atoms with Crippen molar-refractivity contribution in [1.82, 2.24) is 5.32 Å². The quantitative estimate of drug-likeness (QED) is 0.904. The maximum atomic E-state index is 12.1. The van der Waals surface area contributed by atoms with Crippen LogP contribution in [0.25, 0.3) is 0 Å². The number of nitrogens with zero attached hydrogens (tertiary/aromatic N) is 1. The zero-order valence-corrected chi connectivity index (χ0v) is 10.00.